The Bertz CT molecular complexity index is 506. The van der Waals surface area contributed by atoms with E-state index in [2.05, 4.69) is 63.1 Å². The molecule has 1 atom stereocenters. The van der Waals surface area contributed by atoms with Gasteiger partial charge < -0.3 is 0 Å². The summed E-state index contributed by atoms with van der Waals surface area (Å²) in [4.78, 5) is 3.79. The normalized spacial score (nSPS) is 13.2. The van der Waals surface area contributed by atoms with Crippen molar-refractivity contribution in [1.29, 1.82) is 0 Å². The van der Waals surface area contributed by atoms with Gasteiger partial charge in [-0.25, -0.2) is 0 Å². The first kappa shape index (κ1) is 16.3. The summed E-state index contributed by atoms with van der Waals surface area (Å²) >= 11 is 0. The highest BCUT2D eigenvalue weighted by atomic mass is 32.2. The summed E-state index contributed by atoms with van der Waals surface area (Å²) in [7, 11) is -0.111. The first-order chi connectivity index (χ1) is 9.74. The fourth-order valence-corrected chi connectivity index (χ4v) is 4.13. The van der Waals surface area contributed by atoms with Crippen molar-refractivity contribution in [1.82, 2.24) is 0 Å². The minimum Gasteiger partial charge on any atom is -0.0991 e. The van der Waals surface area contributed by atoms with Crippen molar-refractivity contribution < 1.29 is 0 Å². The molecule has 1 rings (SSSR count). The van der Waals surface area contributed by atoms with Gasteiger partial charge in [0.25, 0.3) is 0 Å². The Hall–Kier alpha value is -1.73. The maximum Gasteiger partial charge on any atom is 0.166 e. The molecule has 0 heterocycles. The molecule has 1 heteroatoms. The average Bonchev–Trinajstić information content (AvgIpc) is 2.47. The van der Waals surface area contributed by atoms with Gasteiger partial charge in [0.15, 0.2) is 9.80 Å². The molecule has 20 heavy (non-hydrogen) atoms. The van der Waals surface area contributed by atoms with Gasteiger partial charge in [0.2, 0.25) is 0 Å². The second kappa shape index (κ2) is 9.22. The lowest BCUT2D eigenvalue weighted by molar-refractivity contribution is 0.945. The van der Waals surface area contributed by atoms with E-state index in [4.69, 9.17) is 0 Å². The molecule has 0 saturated carbocycles. The maximum absolute atomic E-state index is 4.26. The van der Waals surface area contributed by atoms with E-state index in [9.17, 15) is 0 Å². The Morgan fingerprint density at radius 3 is 2.40 bits per heavy atom. The molecule has 0 aliphatic carbocycles. The Morgan fingerprint density at radius 2 is 1.85 bits per heavy atom. The molecule has 0 bridgehead atoms. The van der Waals surface area contributed by atoms with Crippen LogP contribution < -0.4 is 0 Å². The molecule has 0 nitrogen and oxygen atoms in total. The monoisotopic (exact) mass is 283 g/mol. The van der Waals surface area contributed by atoms with E-state index in [1.54, 1.807) is 6.08 Å². The van der Waals surface area contributed by atoms with E-state index in [1.807, 2.05) is 18.2 Å². The van der Waals surface area contributed by atoms with Gasteiger partial charge in [-0.3, -0.25) is 0 Å². The van der Waals surface area contributed by atoms with Crippen LogP contribution in [-0.2, 0) is 10.9 Å². The molecule has 0 aromatic heterocycles. The lowest BCUT2D eigenvalue weighted by Gasteiger charge is -2.10. The lowest BCUT2D eigenvalue weighted by Crippen LogP contribution is -2.07. The van der Waals surface area contributed by atoms with Gasteiger partial charge in [0.1, 0.15) is 4.91 Å². The molecule has 1 aromatic rings. The first-order valence-electron chi connectivity index (χ1n) is 6.83. The molecular weight excluding hydrogens is 260 g/mol. The Kier molecular flexibility index (Phi) is 7.52. The summed E-state index contributed by atoms with van der Waals surface area (Å²) in [5.74, 6) is 0. The van der Waals surface area contributed by atoms with E-state index in [0.717, 1.165) is 17.7 Å². The summed E-state index contributed by atoms with van der Waals surface area (Å²) in [5.41, 5.74) is 0. The standard InChI is InChI=1S/C19H23S/c1-5-8-14-17(4)20(18(12-6-2)13-7-3)19-15-10-9-11-16-19/h5-6,8-12,14-16H,1-2,4,7,13H2,3H3/q+1/b14-8-,18-12+. The number of allylic oxidation sites excluding steroid dienone is 6. The van der Waals surface area contributed by atoms with Crippen molar-refractivity contribution in [2.24, 2.45) is 0 Å². The van der Waals surface area contributed by atoms with E-state index >= 15 is 0 Å². The molecule has 0 aliphatic heterocycles. The third-order valence-electron chi connectivity index (χ3n) is 2.72. The predicted molar refractivity (Wildman–Crippen MR) is 93.7 cm³/mol. The molecule has 0 amide bonds. The molecule has 0 N–H and O–H groups in total. The summed E-state index contributed by atoms with van der Waals surface area (Å²) in [6.07, 6.45) is 12.0. The Balaban J connectivity index is 3.22. The highest BCUT2D eigenvalue weighted by molar-refractivity contribution is 8.04. The van der Waals surface area contributed by atoms with Crippen molar-refractivity contribution in [2.45, 2.75) is 24.7 Å². The van der Waals surface area contributed by atoms with E-state index in [1.165, 1.54) is 9.80 Å². The van der Waals surface area contributed by atoms with Crippen LogP contribution in [0.4, 0.5) is 0 Å². The third kappa shape index (κ3) is 4.75. The molecule has 104 valence electrons. The van der Waals surface area contributed by atoms with Crippen LogP contribution in [0.5, 0.6) is 0 Å². The number of rotatable bonds is 8. The summed E-state index contributed by atoms with van der Waals surface area (Å²) in [6.45, 7) is 14.0. The van der Waals surface area contributed by atoms with Crippen LogP contribution in [0.25, 0.3) is 0 Å². The van der Waals surface area contributed by atoms with E-state index < -0.39 is 0 Å². The largest absolute Gasteiger partial charge is 0.166 e. The smallest absolute Gasteiger partial charge is 0.0991 e. The zero-order chi connectivity index (χ0) is 14.8. The van der Waals surface area contributed by atoms with Crippen LogP contribution in [0, 0.1) is 0 Å². The molecule has 1 unspecified atom stereocenters. The zero-order valence-electron chi connectivity index (χ0n) is 12.2. The van der Waals surface area contributed by atoms with Gasteiger partial charge in [0.05, 0.1) is 10.9 Å². The van der Waals surface area contributed by atoms with Crippen LogP contribution in [0.1, 0.15) is 19.8 Å². The highest BCUT2D eigenvalue weighted by Crippen LogP contribution is 2.31. The van der Waals surface area contributed by atoms with Crippen LogP contribution in [-0.4, -0.2) is 0 Å². The number of hydrogen-bond donors (Lipinski definition) is 0. The second-order valence-electron chi connectivity index (χ2n) is 4.30. The fourth-order valence-electron chi connectivity index (χ4n) is 1.90. The topological polar surface area (TPSA) is 0 Å². The molecule has 0 spiro atoms. The lowest BCUT2D eigenvalue weighted by atomic mass is 10.3. The molecule has 0 saturated heterocycles. The third-order valence-corrected chi connectivity index (χ3v) is 4.99. The SMILES string of the molecule is C=C/C=C\C(=C)[S+](/C(=C/C=C)CCC)c1ccccc1. The van der Waals surface area contributed by atoms with Crippen molar-refractivity contribution in [2.75, 3.05) is 0 Å². The number of hydrogen-bond acceptors (Lipinski definition) is 0. The van der Waals surface area contributed by atoms with Gasteiger partial charge in [-0.2, -0.15) is 0 Å². The van der Waals surface area contributed by atoms with Crippen LogP contribution in [0.2, 0.25) is 0 Å². The van der Waals surface area contributed by atoms with Crippen molar-refractivity contribution in [3.05, 3.63) is 90.3 Å². The minimum absolute atomic E-state index is 0.111. The molecule has 0 radical (unpaired) electrons. The van der Waals surface area contributed by atoms with Crippen LogP contribution >= 0.6 is 0 Å². The van der Waals surface area contributed by atoms with Gasteiger partial charge in [-0.05, 0) is 37.3 Å². The quantitative estimate of drug-likeness (QED) is 0.418. The van der Waals surface area contributed by atoms with Crippen molar-refractivity contribution in [3.63, 3.8) is 0 Å². The average molecular weight is 283 g/mol. The maximum atomic E-state index is 4.26. The zero-order valence-corrected chi connectivity index (χ0v) is 13.0. The van der Waals surface area contributed by atoms with Gasteiger partial charge in [-0.1, -0.05) is 56.5 Å². The highest BCUT2D eigenvalue weighted by Gasteiger charge is 2.29. The molecule has 0 aliphatic rings. The van der Waals surface area contributed by atoms with Crippen LogP contribution in [0.3, 0.4) is 0 Å². The van der Waals surface area contributed by atoms with Crippen molar-refractivity contribution in [3.8, 4) is 0 Å². The molecule has 1 aromatic carbocycles. The van der Waals surface area contributed by atoms with Crippen LogP contribution in [0.15, 0.2) is 95.2 Å². The minimum atomic E-state index is -0.111. The predicted octanol–water partition coefficient (Wildman–Crippen LogP) is 5.79. The van der Waals surface area contributed by atoms with E-state index in [-0.39, 0.29) is 10.9 Å². The summed E-state index contributed by atoms with van der Waals surface area (Å²) in [6, 6.07) is 10.5. The number of benzene rings is 1. The first-order valence-corrected chi connectivity index (χ1v) is 8.06. The van der Waals surface area contributed by atoms with Gasteiger partial charge in [0, 0.05) is 6.42 Å². The Labute approximate surface area is 126 Å². The summed E-state index contributed by atoms with van der Waals surface area (Å²) < 4.78 is 0. The van der Waals surface area contributed by atoms with Gasteiger partial charge in [-0.15, -0.1) is 0 Å². The van der Waals surface area contributed by atoms with Gasteiger partial charge >= 0.3 is 0 Å². The molecule has 0 fully saturated rings. The second-order valence-corrected chi connectivity index (χ2v) is 6.43. The summed E-state index contributed by atoms with van der Waals surface area (Å²) in [5, 5.41) is 0. The fraction of sp³-hybridized carbons (Fsp3) is 0.158. The van der Waals surface area contributed by atoms with E-state index in [0.29, 0.717) is 0 Å². The molecular formula is C19H23S+. The Morgan fingerprint density at radius 1 is 1.15 bits per heavy atom. The van der Waals surface area contributed by atoms with Crippen molar-refractivity contribution >= 4 is 10.9 Å².